The van der Waals surface area contributed by atoms with Crippen molar-refractivity contribution < 1.29 is 47.6 Å². The van der Waals surface area contributed by atoms with Crippen LogP contribution in [0.4, 0.5) is 18.9 Å². The second-order valence-electron chi connectivity index (χ2n) is 7.73. The molecule has 2 aromatic carbocycles. The maximum Gasteiger partial charge on any atom is 0.416 e. The van der Waals surface area contributed by atoms with Crippen molar-refractivity contribution in [2.45, 2.75) is 18.5 Å². The molecule has 1 aliphatic heterocycles. The highest BCUT2D eigenvalue weighted by atomic mass is 19.4. The first kappa shape index (κ1) is 23.8. The summed E-state index contributed by atoms with van der Waals surface area (Å²) in [4.78, 5) is 24.5. The van der Waals surface area contributed by atoms with Crippen molar-refractivity contribution in [1.29, 1.82) is 0 Å². The van der Waals surface area contributed by atoms with Gasteiger partial charge in [-0.3, -0.25) is 4.79 Å². The average Bonchev–Trinajstić information content (AvgIpc) is 3.19. The van der Waals surface area contributed by atoms with E-state index in [0.717, 1.165) is 18.3 Å². The van der Waals surface area contributed by atoms with E-state index in [4.69, 9.17) is 9.47 Å². The molecule has 0 aliphatic carbocycles. The van der Waals surface area contributed by atoms with E-state index in [1.54, 1.807) is 0 Å². The van der Waals surface area contributed by atoms with Crippen LogP contribution in [0.25, 0.3) is 5.69 Å². The monoisotopic (exact) mass is 492 g/mol. The molecule has 2 heterocycles. The lowest BCUT2D eigenvalue weighted by Gasteiger charge is -2.28. The zero-order valence-corrected chi connectivity index (χ0v) is 18.3. The van der Waals surface area contributed by atoms with Crippen LogP contribution < -0.4 is 14.8 Å². The number of aromatic carboxylic acids is 1. The molecule has 4 N–H and O–H groups in total. The van der Waals surface area contributed by atoms with E-state index < -0.39 is 41.0 Å². The first-order valence-electron chi connectivity index (χ1n) is 10.1. The number of amides is 1. The van der Waals surface area contributed by atoms with Crippen molar-refractivity contribution in [3.63, 3.8) is 0 Å². The Labute approximate surface area is 195 Å². The Morgan fingerprint density at radius 1 is 1.14 bits per heavy atom. The van der Waals surface area contributed by atoms with Crippen molar-refractivity contribution in [3.8, 4) is 28.7 Å². The lowest BCUT2D eigenvalue weighted by atomic mass is 9.87. The second kappa shape index (κ2) is 8.46. The van der Waals surface area contributed by atoms with E-state index in [9.17, 15) is 38.1 Å². The van der Waals surface area contributed by atoms with Gasteiger partial charge in [0.1, 0.15) is 5.56 Å². The van der Waals surface area contributed by atoms with Crippen LogP contribution in [0.3, 0.4) is 0 Å². The van der Waals surface area contributed by atoms with Crippen LogP contribution in [-0.2, 0) is 11.0 Å². The number of carbonyl (C=O) groups excluding carboxylic acids is 1. The molecule has 0 bridgehead atoms. The van der Waals surface area contributed by atoms with E-state index in [1.807, 2.05) is 0 Å². The molecular weight excluding hydrogens is 473 g/mol. The van der Waals surface area contributed by atoms with Crippen LogP contribution >= 0.6 is 0 Å². The van der Waals surface area contributed by atoms with Crippen LogP contribution in [0.2, 0.25) is 0 Å². The Morgan fingerprint density at radius 2 is 1.86 bits per heavy atom. The van der Waals surface area contributed by atoms with Crippen molar-refractivity contribution in [3.05, 3.63) is 58.9 Å². The summed E-state index contributed by atoms with van der Waals surface area (Å²) < 4.78 is 51.7. The molecule has 1 amide bonds. The molecule has 0 unspecified atom stereocenters. The first-order chi connectivity index (χ1) is 16.5. The lowest BCUT2D eigenvalue weighted by Crippen LogP contribution is -2.26. The standard InChI is InChI=1S/C23H19F3N2O7/c1-34-15-7-13(21(35-2)20(31)19(15)30)12-8-16(29)27-17-14(22(32)33)9-28(18(12)17)11-5-3-4-10(6-11)23(24,25)26/h3-7,9,12,30-31H,8H2,1-2H3,(H,27,29)(H,32,33)/t12-/m1/s1. The molecule has 0 spiro atoms. The normalized spacial score (nSPS) is 15.3. The number of hydrogen-bond acceptors (Lipinski definition) is 6. The van der Waals surface area contributed by atoms with Gasteiger partial charge in [0.15, 0.2) is 11.5 Å². The molecule has 35 heavy (non-hydrogen) atoms. The minimum Gasteiger partial charge on any atom is -0.502 e. The van der Waals surface area contributed by atoms with Crippen molar-refractivity contribution in [1.82, 2.24) is 4.57 Å². The second-order valence-corrected chi connectivity index (χ2v) is 7.73. The summed E-state index contributed by atoms with van der Waals surface area (Å²) in [6.45, 7) is 0. The number of carboxylic acid groups (broad SMARTS) is 1. The molecule has 0 fully saturated rings. The van der Waals surface area contributed by atoms with Crippen molar-refractivity contribution in [2.75, 3.05) is 19.5 Å². The van der Waals surface area contributed by atoms with Gasteiger partial charge < -0.3 is 34.7 Å². The number of methoxy groups -OCH3 is 2. The number of anilines is 1. The number of aromatic nitrogens is 1. The third-order valence-corrected chi connectivity index (χ3v) is 5.73. The van der Waals surface area contributed by atoms with E-state index >= 15 is 0 Å². The molecule has 1 aliphatic rings. The number of alkyl halides is 3. The molecule has 1 aromatic heterocycles. The fourth-order valence-corrected chi connectivity index (χ4v) is 4.20. The van der Waals surface area contributed by atoms with Gasteiger partial charge in [-0.05, 0) is 24.3 Å². The molecule has 0 saturated heterocycles. The van der Waals surface area contributed by atoms with Gasteiger partial charge in [0.2, 0.25) is 17.4 Å². The number of aromatic hydroxyl groups is 2. The van der Waals surface area contributed by atoms with Crippen molar-refractivity contribution in [2.24, 2.45) is 0 Å². The van der Waals surface area contributed by atoms with E-state index in [2.05, 4.69) is 5.32 Å². The number of benzene rings is 2. The summed E-state index contributed by atoms with van der Waals surface area (Å²) >= 11 is 0. The summed E-state index contributed by atoms with van der Waals surface area (Å²) in [5.74, 6) is -4.62. The third kappa shape index (κ3) is 3.96. The topological polar surface area (TPSA) is 130 Å². The Bertz CT molecular complexity index is 1350. The number of carboxylic acids is 1. The number of phenolic OH excluding ortho intramolecular Hbond substituents is 2. The van der Waals surface area contributed by atoms with Crippen LogP contribution in [0.1, 0.15) is 39.5 Å². The Kier molecular flexibility index (Phi) is 5.75. The van der Waals surface area contributed by atoms with Gasteiger partial charge in [-0.15, -0.1) is 0 Å². The lowest BCUT2D eigenvalue weighted by molar-refractivity contribution is -0.137. The summed E-state index contributed by atoms with van der Waals surface area (Å²) in [7, 11) is 2.44. The predicted molar refractivity (Wildman–Crippen MR) is 116 cm³/mol. The number of nitrogens with one attached hydrogen (secondary N) is 1. The fraction of sp³-hybridized carbons (Fsp3) is 0.217. The van der Waals surface area contributed by atoms with E-state index in [0.29, 0.717) is 0 Å². The maximum absolute atomic E-state index is 13.4. The molecule has 3 aromatic rings. The smallest absolute Gasteiger partial charge is 0.416 e. The number of rotatable bonds is 5. The Balaban J connectivity index is 2.04. The van der Waals surface area contributed by atoms with Gasteiger partial charge in [0.25, 0.3) is 0 Å². The van der Waals surface area contributed by atoms with Gasteiger partial charge in [-0.25, -0.2) is 4.79 Å². The predicted octanol–water partition coefficient (Wildman–Crippen LogP) is 4.10. The van der Waals surface area contributed by atoms with Crippen molar-refractivity contribution >= 4 is 17.6 Å². The van der Waals surface area contributed by atoms with Crippen LogP contribution in [0.5, 0.6) is 23.0 Å². The molecule has 0 radical (unpaired) electrons. The number of ether oxygens (including phenoxy) is 2. The van der Waals surface area contributed by atoms with Crippen LogP contribution in [0, 0.1) is 0 Å². The van der Waals surface area contributed by atoms with Crippen LogP contribution in [-0.4, -0.2) is 46.0 Å². The molecular formula is C23H19F3N2O7. The fourth-order valence-electron chi connectivity index (χ4n) is 4.20. The van der Waals surface area contributed by atoms with Gasteiger partial charge in [0, 0.05) is 29.8 Å². The quantitative estimate of drug-likeness (QED) is 0.395. The number of carbonyl (C=O) groups is 2. The maximum atomic E-state index is 13.4. The minimum absolute atomic E-state index is 0.00124. The SMILES string of the molecule is COc1cc([C@H]2CC(=O)Nc3c(C(=O)O)cn(-c4cccc(C(F)(F)F)c4)c32)c(OC)c(O)c1O. The molecule has 184 valence electrons. The van der Waals surface area contributed by atoms with E-state index in [-0.39, 0.29) is 46.1 Å². The van der Waals surface area contributed by atoms with Crippen LogP contribution in [0.15, 0.2) is 36.5 Å². The number of nitrogens with zero attached hydrogens (tertiary/aromatic N) is 1. The number of hydrogen-bond donors (Lipinski definition) is 4. The third-order valence-electron chi connectivity index (χ3n) is 5.73. The summed E-state index contributed by atoms with van der Waals surface area (Å²) in [6, 6.07) is 5.58. The minimum atomic E-state index is -4.65. The number of halogens is 3. The molecule has 9 nitrogen and oxygen atoms in total. The highest BCUT2D eigenvalue weighted by Gasteiger charge is 2.38. The highest BCUT2D eigenvalue weighted by molar-refractivity contribution is 6.04. The zero-order valence-electron chi connectivity index (χ0n) is 18.3. The zero-order chi connectivity index (χ0) is 25.7. The van der Waals surface area contributed by atoms with Gasteiger partial charge >= 0.3 is 12.1 Å². The molecule has 1 atom stereocenters. The van der Waals surface area contributed by atoms with E-state index in [1.165, 1.54) is 37.0 Å². The molecule has 12 heteroatoms. The Morgan fingerprint density at radius 3 is 2.46 bits per heavy atom. The summed E-state index contributed by atoms with van der Waals surface area (Å²) in [6.07, 6.45) is -3.80. The average molecular weight is 492 g/mol. The first-order valence-corrected chi connectivity index (χ1v) is 10.1. The summed E-state index contributed by atoms with van der Waals surface area (Å²) in [5, 5.41) is 32.9. The number of phenols is 2. The molecule has 0 saturated carbocycles. The van der Waals surface area contributed by atoms with Gasteiger partial charge in [-0.2, -0.15) is 13.2 Å². The van der Waals surface area contributed by atoms with Gasteiger partial charge in [0.05, 0.1) is 31.2 Å². The number of fused-ring (bicyclic) bond motifs is 1. The Hall–Kier alpha value is -4.35. The summed E-state index contributed by atoms with van der Waals surface area (Å²) in [5.41, 5.74) is -1.11. The largest absolute Gasteiger partial charge is 0.502 e. The molecule has 4 rings (SSSR count). The highest BCUT2D eigenvalue weighted by Crippen LogP contribution is 2.51. The van der Waals surface area contributed by atoms with Gasteiger partial charge in [-0.1, -0.05) is 6.07 Å².